The zero-order chi connectivity index (χ0) is 26.5. The van der Waals surface area contributed by atoms with Gasteiger partial charge in [0, 0.05) is 17.3 Å². The molecule has 0 saturated carbocycles. The first-order valence-electron chi connectivity index (χ1n) is 11.4. The van der Waals surface area contributed by atoms with Gasteiger partial charge in [0.15, 0.2) is 16.6 Å². The first-order valence-corrected chi connectivity index (χ1v) is 12.2. The maximum Gasteiger partial charge on any atom is 0.256 e. The Morgan fingerprint density at radius 1 is 0.946 bits per heavy atom. The van der Waals surface area contributed by atoms with Crippen LogP contribution >= 0.6 is 23.8 Å². The highest BCUT2D eigenvalue weighted by molar-refractivity contribution is 7.80. The average molecular weight is 540 g/mol. The summed E-state index contributed by atoms with van der Waals surface area (Å²) in [5, 5.41) is 3.69. The number of amides is 2. The Hall–Kier alpha value is -3.82. The number of ether oxygens (including phenoxy) is 3. The predicted molar refractivity (Wildman–Crippen MR) is 147 cm³/mol. The molecule has 8 nitrogen and oxygen atoms in total. The van der Waals surface area contributed by atoms with Gasteiger partial charge in [0.2, 0.25) is 5.91 Å². The van der Waals surface area contributed by atoms with Crippen molar-refractivity contribution >= 4 is 52.1 Å². The maximum atomic E-state index is 13.7. The minimum absolute atomic E-state index is 0.0957. The Labute approximate surface area is 225 Å². The van der Waals surface area contributed by atoms with Gasteiger partial charge in [-0.25, -0.2) is 0 Å². The zero-order valence-electron chi connectivity index (χ0n) is 20.6. The fraction of sp³-hybridized carbons (Fsp3) is 0.222. The highest BCUT2D eigenvalue weighted by atomic mass is 35.5. The zero-order valence-corrected chi connectivity index (χ0v) is 22.1. The van der Waals surface area contributed by atoms with E-state index in [9.17, 15) is 9.59 Å². The summed E-state index contributed by atoms with van der Waals surface area (Å²) in [7, 11) is 4.69. The molecule has 1 fully saturated rings. The van der Waals surface area contributed by atoms with E-state index in [1.807, 2.05) is 12.1 Å². The monoisotopic (exact) mass is 539 g/mol. The van der Waals surface area contributed by atoms with Crippen LogP contribution in [-0.2, 0) is 16.1 Å². The molecule has 1 N–H and O–H groups in total. The van der Waals surface area contributed by atoms with E-state index in [2.05, 4.69) is 5.32 Å². The van der Waals surface area contributed by atoms with Crippen molar-refractivity contribution in [2.24, 2.45) is 0 Å². The molecule has 10 heteroatoms. The topological polar surface area (TPSA) is 80.3 Å². The van der Waals surface area contributed by atoms with Crippen LogP contribution in [0.2, 0.25) is 5.02 Å². The van der Waals surface area contributed by atoms with Crippen molar-refractivity contribution in [2.45, 2.75) is 19.0 Å². The number of thiocarbonyl (C=S) groups is 1. The summed E-state index contributed by atoms with van der Waals surface area (Å²) in [4.78, 5) is 29.8. The third-order valence-electron chi connectivity index (χ3n) is 5.96. The standard InChI is InChI=1S/C27H26ClN3O5S/c1-34-21-11-9-20(10-12-21)31-26(33)22(15-25(32)29-19-7-5-18(28)6-8-19)30(27(31)37)16-17-4-13-23(35-2)24(14-17)36-3/h4-14,22H,15-16H2,1-3H3,(H,29,32). The van der Waals surface area contributed by atoms with Crippen molar-refractivity contribution in [2.75, 3.05) is 31.5 Å². The van der Waals surface area contributed by atoms with Gasteiger partial charge in [0.05, 0.1) is 33.4 Å². The number of carbonyl (C=O) groups excluding carboxylic acids is 2. The SMILES string of the molecule is COc1ccc(N2C(=O)C(CC(=O)Nc3ccc(Cl)cc3)N(Cc3ccc(OC)c(OC)c3)C2=S)cc1. The minimum atomic E-state index is -0.810. The second-order valence-corrected chi connectivity index (χ2v) is 9.05. The highest BCUT2D eigenvalue weighted by Crippen LogP contribution is 2.32. The minimum Gasteiger partial charge on any atom is -0.497 e. The van der Waals surface area contributed by atoms with Crippen LogP contribution in [0, 0.1) is 0 Å². The Morgan fingerprint density at radius 2 is 1.62 bits per heavy atom. The third kappa shape index (κ3) is 5.79. The van der Waals surface area contributed by atoms with E-state index in [1.165, 1.54) is 4.90 Å². The predicted octanol–water partition coefficient (Wildman–Crippen LogP) is 4.90. The molecule has 1 saturated heterocycles. The molecule has 0 radical (unpaired) electrons. The van der Waals surface area contributed by atoms with E-state index >= 15 is 0 Å². The van der Waals surface area contributed by atoms with Crippen LogP contribution in [0.5, 0.6) is 17.2 Å². The van der Waals surface area contributed by atoms with E-state index in [4.69, 9.17) is 38.0 Å². The van der Waals surface area contributed by atoms with Crippen LogP contribution in [0.1, 0.15) is 12.0 Å². The largest absolute Gasteiger partial charge is 0.497 e. The quantitative estimate of drug-likeness (QED) is 0.387. The second kappa shape index (κ2) is 11.5. The molecule has 4 rings (SSSR count). The van der Waals surface area contributed by atoms with Crippen LogP contribution < -0.4 is 24.4 Å². The number of nitrogens with one attached hydrogen (secondary N) is 1. The van der Waals surface area contributed by atoms with Gasteiger partial charge in [-0.15, -0.1) is 0 Å². The van der Waals surface area contributed by atoms with E-state index < -0.39 is 6.04 Å². The number of benzene rings is 3. The number of anilines is 2. The molecule has 192 valence electrons. The summed E-state index contributed by atoms with van der Waals surface area (Å²) in [6.45, 7) is 0.288. The summed E-state index contributed by atoms with van der Waals surface area (Å²) >= 11 is 11.7. The van der Waals surface area contributed by atoms with Gasteiger partial charge in [-0.05, 0) is 78.4 Å². The van der Waals surface area contributed by atoms with E-state index in [1.54, 1.807) is 80.8 Å². The fourth-order valence-electron chi connectivity index (χ4n) is 4.08. The maximum absolute atomic E-state index is 13.7. The average Bonchev–Trinajstić information content (AvgIpc) is 3.13. The van der Waals surface area contributed by atoms with Crippen molar-refractivity contribution in [3.8, 4) is 17.2 Å². The van der Waals surface area contributed by atoms with E-state index in [0.29, 0.717) is 38.8 Å². The van der Waals surface area contributed by atoms with Crippen LogP contribution in [0.4, 0.5) is 11.4 Å². The Kier molecular flexibility index (Phi) is 8.15. The summed E-state index contributed by atoms with van der Waals surface area (Å²) in [5.74, 6) is 1.19. The van der Waals surface area contributed by atoms with Crippen molar-refractivity contribution in [1.29, 1.82) is 0 Å². The molecule has 1 aliphatic heterocycles. The van der Waals surface area contributed by atoms with E-state index in [0.717, 1.165) is 5.56 Å². The van der Waals surface area contributed by atoms with Crippen molar-refractivity contribution in [1.82, 2.24) is 4.90 Å². The number of carbonyl (C=O) groups is 2. The van der Waals surface area contributed by atoms with Crippen molar-refractivity contribution < 1.29 is 23.8 Å². The lowest BCUT2D eigenvalue weighted by Crippen LogP contribution is -2.37. The number of rotatable bonds is 9. The molecule has 37 heavy (non-hydrogen) atoms. The van der Waals surface area contributed by atoms with Crippen LogP contribution in [-0.4, -0.2) is 49.2 Å². The lowest BCUT2D eigenvalue weighted by molar-refractivity contribution is -0.124. The van der Waals surface area contributed by atoms with Gasteiger partial charge in [0.25, 0.3) is 5.91 Å². The lowest BCUT2D eigenvalue weighted by atomic mass is 10.1. The Balaban J connectivity index is 1.62. The molecule has 1 unspecified atom stereocenters. The second-order valence-electron chi connectivity index (χ2n) is 8.25. The molecule has 3 aromatic carbocycles. The van der Waals surface area contributed by atoms with Crippen LogP contribution in [0.3, 0.4) is 0 Å². The normalized spacial score (nSPS) is 15.1. The number of halogens is 1. The summed E-state index contributed by atoms with van der Waals surface area (Å²) < 4.78 is 16.0. The highest BCUT2D eigenvalue weighted by Gasteiger charge is 2.44. The number of hydrogen-bond donors (Lipinski definition) is 1. The van der Waals surface area contributed by atoms with Crippen molar-refractivity contribution in [3.63, 3.8) is 0 Å². The van der Waals surface area contributed by atoms with Gasteiger partial charge in [0.1, 0.15) is 11.8 Å². The lowest BCUT2D eigenvalue weighted by Gasteiger charge is -2.24. The Morgan fingerprint density at radius 3 is 2.24 bits per heavy atom. The molecule has 1 heterocycles. The molecule has 0 bridgehead atoms. The van der Waals surface area contributed by atoms with Gasteiger partial charge in [-0.1, -0.05) is 17.7 Å². The first kappa shape index (κ1) is 26.2. The fourth-order valence-corrected chi connectivity index (χ4v) is 4.59. The molecule has 0 spiro atoms. The number of methoxy groups -OCH3 is 3. The molecular weight excluding hydrogens is 514 g/mol. The first-order chi connectivity index (χ1) is 17.8. The number of nitrogens with zero attached hydrogens (tertiary/aromatic N) is 2. The number of hydrogen-bond acceptors (Lipinski definition) is 6. The smallest absolute Gasteiger partial charge is 0.256 e. The van der Waals surface area contributed by atoms with Gasteiger partial charge < -0.3 is 24.4 Å². The molecule has 3 aromatic rings. The molecule has 0 aliphatic carbocycles. The molecule has 0 aromatic heterocycles. The summed E-state index contributed by atoms with van der Waals surface area (Å²) in [6, 6.07) is 18.5. The van der Waals surface area contributed by atoms with Crippen molar-refractivity contribution in [3.05, 3.63) is 77.3 Å². The van der Waals surface area contributed by atoms with Gasteiger partial charge in [-0.2, -0.15) is 0 Å². The molecule has 2 amide bonds. The Bertz CT molecular complexity index is 1300. The van der Waals surface area contributed by atoms with Crippen LogP contribution in [0.15, 0.2) is 66.7 Å². The molecule has 1 aliphatic rings. The summed E-state index contributed by atoms with van der Waals surface area (Å²) in [5.41, 5.74) is 2.02. The summed E-state index contributed by atoms with van der Waals surface area (Å²) in [6.07, 6.45) is -0.0957. The van der Waals surface area contributed by atoms with Gasteiger partial charge in [-0.3, -0.25) is 14.5 Å². The third-order valence-corrected chi connectivity index (χ3v) is 6.63. The molecular formula is C27H26ClN3O5S. The van der Waals surface area contributed by atoms with Crippen LogP contribution in [0.25, 0.3) is 0 Å². The van der Waals surface area contributed by atoms with E-state index in [-0.39, 0.29) is 24.8 Å². The van der Waals surface area contributed by atoms with Gasteiger partial charge >= 0.3 is 0 Å². The molecule has 1 atom stereocenters.